The fourth-order valence-electron chi connectivity index (χ4n) is 4.31. The Bertz CT molecular complexity index is 1070. The fourth-order valence-corrected chi connectivity index (χ4v) is 4.31. The van der Waals surface area contributed by atoms with Crippen LogP contribution in [0.2, 0.25) is 0 Å². The number of furan rings is 1. The van der Waals surface area contributed by atoms with E-state index in [1.807, 2.05) is 24.5 Å². The normalized spacial score (nSPS) is 19.5. The Morgan fingerprint density at radius 2 is 2.04 bits per heavy atom. The molecular formula is C23H21FN2O2. The molecule has 0 aliphatic carbocycles. The summed E-state index contributed by atoms with van der Waals surface area (Å²) >= 11 is 0. The van der Waals surface area contributed by atoms with E-state index in [2.05, 4.69) is 16.3 Å². The minimum absolute atomic E-state index is 0.261. The van der Waals surface area contributed by atoms with Gasteiger partial charge in [0.1, 0.15) is 11.4 Å². The first-order valence-corrected chi connectivity index (χ1v) is 9.69. The van der Waals surface area contributed by atoms with Crippen molar-refractivity contribution in [1.29, 1.82) is 0 Å². The van der Waals surface area contributed by atoms with E-state index in [0.717, 1.165) is 29.5 Å². The van der Waals surface area contributed by atoms with Gasteiger partial charge >= 0.3 is 0 Å². The van der Waals surface area contributed by atoms with Crippen molar-refractivity contribution in [2.75, 3.05) is 18.4 Å². The van der Waals surface area contributed by atoms with E-state index in [0.29, 0.717) is 17.3 Å². The molecule has 2 aliphatic heterocycles. The van der Waals surface area contributed by atoms with Gasteiger partial charge in [0.05, 0.1) is 6.26 Å². The van der Waals surface area contributed by atoms with Crippen LogP contribution in [-0.2, 0) is 0 Å². The molecule has 1 amide bonds. The second-order valence-electron chi connectivity index (χ2n) is 7.55. The smallest absolute Gasteiger partial charge is 0.255 e. The monoisotopic (exact) mass is 376 g/mol. The molecule has 1 aromatic heterocycles. The lowest BCUT2D eigenvalue weighted by atomic mass is 9.94. The first-order chi connectivity index (χ1) is 13.7. The summed E-state index contributed by atoms with van der Waals surface area (Å²) in [6, 6.07) is 11.8. The summed E-state index contributed by atoms with van der Waals surface area (Å²) < 4.78 is 18.8. The molecule has 4 nitrogen and oxygen atoms in total. The van der Waals surface area contributed by atoms with Crippen LogP contribution in [0.25, 0.3) is 16.5 Å². The zero-order valence-corrected chi connectivity index (χ0v) is 15.5. The average Bonchev–Trinajstić information content (AvgIpc) is 3.34. The van der Waals surface area contributed by atoms with Gasteiger partial charge in [-0.3, -0.25) is 9.69 Å². The molecule has 2 aromatic carbocycles. The summed E-state index contributed by atoms with van der Waals surface area (Å²) in [6.07, 6.45) is 7.70. The van der Waals surface area contributed by atoms with Gasteiger partial charge in [-0.15, -0.1) is 0 Å². The summed E-state index contributed by atoms with van der Waals surface area (Å²) in [4.78, 5) is 15.0. The van der Waals surface area contributed by atoms with Crippen LogP contribution in [0.4, 0.5) is 10.1 Å². The number of hydrogen-bond donors (Lipinski definition) is 1. The largest absolute Gasteiger partial charge is 0.464 e. The lowest BCUT2D eigenvalue weighted by Gasteiger charge is -2.28. The molecule has 0 spiro atoms. The number of nitrogens with zero attached hydrogens (tertiary/aromatic N) is 1. The van der Waals surface area contributed by atoms with Crippen molar-refractivity contribution in [3.8, 4) is 0 Å². The van der Waals surface area contributed by atoms with Crippen LogP contribution in [0.1, 0.15) is 35.2 Å². The highest BCUT2D eigenvalue weighted by Gasteiger charge is 2.29. The van der Waals surface area contributed by atoms with Crippen LogP contribution in [0.5, 0.6) is 0 Å². The summed E-state index contributed by atoms with van der Waals surface area (Å²) in [5, 5.41) is 3.90. The molecular weight excluding hydrogens is 355 g/mol. The molecule has 2 aliphatic rings. The van der Waals surface area contributed by atoms with Crippen LogP contribution in [-0.4, -0.2) is 29.9 Å². The highest BCUT2D eigenvalue weighted by atomic mass is 19.1. The molecule has 142 valence electrons. The number of fused-ring (bicyclic) bond motifs is 2. The molecule has 1 unspecified atom stereocenters. The lowest BCUT2D eigenvalue weighted by molar-refractivity contribution is 0.102. The first-order valence-electron chi connectivity index (χ1n) is 9.69. The van der Waals surface area contributed by atoms with Gasteiger partial charge in [-0.05, 0) is 73.8 Å². The van der Waals surface area contributed by atoms with Crippen molar-refractivity contribution in [1.82, 2.24) is 4.90 Å². The van der Waals surface area contributed by atoms with Crippen molar-refractivity contribution in [3.05, 3.63) is 71.7 Å². The third kappa shape index (κ3) is 3.12. The van der Waals surface area contributed by atoms with E-state index >= 15 is 0 Å². The van der Waals surface area contributed by atoms with Crippen molar-refractivity contribution in [2.45, 2.75) is 25.3 Å². The fraction of sp³-hybridized carbons (Fsp3) is 0.261. The van der Waals surface area contributed by atoms with Gasteiger partial charge in [0.2, 0.25) is 0 Å². The molecule has 1 atom stereocenters. The van der Waals surface area contributed by atoms with E-state index in [9.17, 15) is 9.18 Å². The van der Waals surface area contributed by atoms with Crippen molar-refractivity contribution >= 4 is 28.1 Å². The molecule has 1 saturated heterocycles. The van der Waals surface area contributed by atoms with Crippen LogP contribution in [0.15, 0.2) is 59.2 Å². The average molecular weight is 376 g/mol. The molecule has 1 fully saturated rings. The molecule has 3 aromatic rings. The van der Waals surface area contributed by atoms with Crippen molar-refractivity contribution < 1.29 is 13.6 Å². The van der Waals surface area contributed by atoms with Crippen LogP contribution < -0.4 is 5.32 Å². The zero-order chi connectivity index (χ0) is 19.1. The van der Waals surface area contributed by atoms with Crippen LogP contribution in [0, 0.1) is 5.82 Å². The Balaban J connectivity index is 1.42. The molecule has 0 saturated carbocycles. The van der Waals surface area contributed by atoms with E-state index < -0.39 is 0 Å². The number of halogens is 1. The second-order valence-corrected chi connectivity index (χ2v) is 7.55. The first kappa shape index (κ1) is 17.2. The summed E-state index contributed by atoms with van der Waals surface area (Å²) in [5.74, 6) is -0.620. The Hall–Kier alpha value is -2.92. The van der Waals surface area contributed by atoms with Crippen LogP contribution >= 0.6 is 0 Å². The van der Waals surface area contributed by atoms with Gasteiger partial charge in [0.25, 0.3) is 5.91 Å². The number of benzene rings is 2. The number of carbonyl (C=O) groups excluding carboxylic acids is 1. The quantitative estimate of drug-likeness (QED) is 0.694. The summed E-state index contributed by atoms with van der Waals surface area (Å²) in [7, 11) is 0. The minimum atomic E-state index is -0.359. The topological polar surface area (TPSA) is 45.5 Å². The van der Waals surface area contributed by atoms with Gasteiger partial charge in [-0.1, -0.05) is 6.08 Å². The van der Waals surface area contributed by atoms with Gasteiger partial charge in [0, 0.05) is 34.8 Å². The molecule has 28 heavy (non-hydrogen) atoms. The predicted molar refractivity (Wildman–Crippen MR) is 108 cm³/mol. The maximum Gasteiger partial charge on any atom is 0.255 e. The molecule has 3 heterocycles. The summed E-state index contributed by atoms with van der Waals surface area (Å²) in [5.41, 5.74) is 4.36. The maximum atomic E-state index is 13.1. The van der Waals surface area contributed by atoms with Gasteiger partial charge < -0.3 is 9.73 Å². The van der Waals surface area contributed by atoms with Crippen LogP contribution in [0.3, 0.4) is 0 Å². The Morgan fingerprint density at radius 3 is 2.89 bits per heavy atom. The summed E-state index contributed by atoms with van der Waals surface area (Å²) in [6.45, 7) is 2.19. The van der Waals surface area contributed by atoms with Gasteiger partial charge in [-0.2, -0.15) is 0 Å². The van der Waals surface area contributed by atoms with Gasteiger partial charge in [-0.25, -0.2) is 4.39 Å². The number of nitrogens with one attached hydrogen (secondary N) is 1. The number of anilines is 1. The Morgan fingerprint density at radius 1 is 1.18 bits per heavy atom. The van der Waals surface area contributed by atoms with Crippen molar-refractivity contribution in [2.24, 2.45) is 0 Å². The number of rotatable bonds is 3. The van der Waals surface area contributed by atoms with Crippen molar-refractivity contribution in [3.63, 3.8) is 0 Å². The minimum Gasteiger partial charge on any atom is -0.464 e. The molecule has 1 N–H and O–H groups in total. The van der Waals surface area contributed by atoms with E-state index in [1.165, 1.54) is 49.2 Å². The Kier molecular flexibility index (Phi) is 4.24. The standard InChI is InChI=1S/C23H21FN2O2/c24-17-5-3-15(4-6-17)23(27)25-18-7-8-22-20(13-18)21(14-28-22)16-9-11-26-10-1-2-19(26)12-16/h3-9,13-14,19H,1-2,10-12H2,(H,25,27). The van der Waals surface area contributed by atoms with Gasteiger partial charge in [0.15, 0.2) is 0 Å². The SMILES string of the molecule is O=C(Nc1ccc2occ(C3=CCN4CCCC4C3)c2c1)c1ccc(F)cc1. The molecule has 5 heteroatoms. The number of carbonyl (C=O) groups is 1. The maximum absolute atomic E-state index is 13.1. The van der Waals surface area contributed by atoms with E-state index in [-0.39, 0.29) is 11.7 Å². The lowest BCUT2D eigenvalue weighted by Crippen LogP contribution is -2.32. The molecule has 0 radical (unpaired) electrons. The highest BCUT2D eigenvalue weighted by Crippen LogP contribution is 2.36. The Labute approximate surface area is 162 Å². The zero-order valence-electron chi connectivity index (χ0n) is 15.5. The van der Waals surface area contributed by atoms with E-state index in [1.54, 1.807) is 0 Å². The number of hydrogen-bond acceptors (Lipinski definition) is 3. The molecule has 5 rings (SSSR count). The molecule has 0 bridgehead atoms. The van der Waals surface area contributed by atoms with E-state index in [4.69, 9.17) is 4.42 Å². The second kappa shape index (κ2) is 6.91. The third-order valence-electron chi connectivity index (χ3n) is 5.81. The number of amides is 1. The third-order valence-corrected chi connectivity index (χ3v) is 5.81. The highest BCUT2D eigenvalue weighted by molar-refractivity contribution is 6.05. The predicted octanol–water partition coefficient (Wildman–Crippen LogP) is 5.08.